The number of ketones is 1. The third-order valence-electron chi connectivity index (χ3n) is 7.09. The fourth-order valence-electron chi connectivity index (χ4n) is 5.72. The van der Waals surface area contributed by atoms with Crippen molar-refractivity contribution >= 4 is 40.7 Å². The van der Waals surface area contributed by atoms with Crippen LogP contribution < -0.4 is 4.90 Å². The van der Waals surface area contributed by atoms with E-state index in [-0.39, 0.29) is 23.6 Å². The van der Waals surface area contributed by atoms with Gasteiger partial charge in [-0.2, -0.15) is 0 Å². The molecule has 3 aliphatic heterocycles. The van der Waals surface area contributed by atoms with Gasteiger partial charge in [-0.05, 0) is 54.1 Å². The lowest BCUT2D eigenvalue weighted by Gasteiger charge is -2.35. The van der Waals surface area contributed by atoms with Crippen LogP contribution in [0.3, 0.4) is 0 Å². The fraction of sp³-hybridized carbons (Fsp3) is 0.222. The molecule has 2 saturated heterocycles. The zero-order chi connectivity index (χ0) is 22.9. The van der Waals surface area contributed by atoms with Gasteiger partial charge >= 0.3 is 0 Å². The molecule has 0 spiro atoms. The van der Waals surface area contributed by atoms with Crippen LogP contribution in [0.5, 0.6) is 0 Å². The van der Waals surface area contributed by atoms with Gasteiger partial charge in [-0.15, -0.1) is 11.3 Å². The first-order valence-corrected chi connectivity index (χ1v) is 11.9. The molecule has 164 valence electrons. The zero-order valence-corrected chi connectivity index (χ0v) is 19.1. The van der Waals surface area contributed by atoms with Crippen LogP contribution >= 0.6 is 11.3 Å². The number of thiophene rings is 1. The van der Waals surface area contributed by atoms with Crippen molar-refractivity contribution in [3.63, 3.8) is 0 Å². The van der Waals surface area contributed by atoms with Gasteiger partial charge < -0.3 is 4.90 Å². The lowest BCUT2D eigenvalue weighted by atomic mass is 9.84. The molecule has 0 radical (unpaired) electrons. The van der Waals surface area contributed by atoms with E-state index in [2.05, 4.69) is 0 Å². The van der Waals surface area contributed by atoms with E-state index in [9.17, 15) is 14.4 Å². The maximum Gasteiger partial charge on any atom is 0.240 e. The van der Waals surface area contributed by atoms with Crippen molar-refractivity contribution in [2.75, 3.05) is 4.90 Å². The molecule has 0 N–H and O–H groups in total. The van der Waals surface area contributed by atoms with Crippen LogP contribution in [0.4, 0.5) is 5.69 Å². The average molecular weight is 455 g/mol. The second-order valence-corrected chi connectivity index (χ2v) is 9.92. The highest BCUT2D eigenvalue weighted by atomic mass is 32.1. The molecule has 6 rings (SSSR count). The number of benzene rings is 2. The summed E-state index contributed by atoms with van der Waals surface area (Å²) in [7, 11) is 0. The third-order valence-corrected chi connectivity index (χ3v) is 7.97. The number of hydrogen-bond acceptors (Lipinski definition) is 5. The molecule has 0 saturated carbocycles. The first-order chi connectivity index (χ1) is 16.0. The number of Topliss-reactive ketones (excluding diaryl/α,β-unsaturated/α-hetero) is 1. The summed E-state index contributed by atoms with van der Waals surface area (Å²) in [6.45, 7) is 3.90. The predicted molar refractivity (Wildman–Crippen MR) is 128 cm³/mol. The molecule has 3 aromatic rings. The van der Waals surface area contributed by atoms with Crippen molar-refractivity contribution in [2.24, 2.45) is 11.8 Å². The van der Waals surface area contributed by atoms with E-state index in [0.29, 0.717) is 10.6 Å². The van der Waals surface area contributed by atoms with Crippen LogP contribution in [-0.2, 0) is 9.59 Å². The Balaban J connectivity index is 1.51. The lowest BCUT2D eigenvalue weighted by molar-refractivity contribution is -0.123. The summed E-state index contributed by atoms with van der Waals surface area (Å²) in [5, 5.41) is 1.86. The van der Waals surface area contributed by atoms with Crippen LogP contribution in [-0.4, -0.2) is 28.5 Å². The smallest absolute Gasteiger partial charge is 0.240 e. The summed E-state index contributed by atoms with van der Waals surface area (Å²) in [6.07, 6.45) is 3.86. The van der Waals surface area contributed by atoms with Crippen LogP contribution in [0.2, 0.25) is 0 Å². The normalized spacial score (nSPS) is 25.3. The summed E-state index contributed by atoms with van der Waals surface area (Å²) in [4.78, 5) is 45.3. The number of carbonyl (C=O) groups excluding carboxylic acids is 3. The number of fused-ring (bicyclic) bond motifs is 5. The van der Waals surface area contributed by atoms with Gasteiger partial charge in [0.05, 0.1) is 28.4 Å². The Hall–Kier alpha value is -3.51. The molecular weight excluding hydrogens is 432 g/mol. The van der Waals surface area contributed by atoms with Crippen molar-refractivity contribution in [3.05, 3.63) is 93.3 Å². The van der Waals surface area contributed by atoms with Gasteiger partial charge in [0, 0.05) is 6.20 Å². The number of nitrogens with zero attached hydrogens (tertiary/aromatic N) is 2. The molecule has 0 bridgehead atoms. The maximum atomic E-state index is 13.9. The Morgan fingerprint density at radius 1 is 0.939 bits per heavy atom. The van der Waals surface area contributed by atoms with E-state index >= 15 is 0 Å². The third kappa shape index (κ3) is 2.80. The molecule has 33 heavy (non-hydrogen) atoms. The van der Waals surface area contributed by atoms with E-state index in [1.165, 1.54) is 16.2 Å². The van der Waals surface area contributed by atoms with Crippen molar-refractivity contribution in [3.8, 4) is 0 Å². The molecule has 0 unspecified atom stereocenters. The minimum absolute atomic E-state index is 0.102. The number of amides is 2. The standard InChI is InChI=1S/C27H22N2O3S/c1-15-9-10-19(16(2)14-15)29-26(31)21-22(27(29)32)24(25(30)20-8-5-13-33-20)28-12-11-17-6-3-4-7-18(17)23(21)28/h3-14,21-24H,1-2H3/t21-,22-,23+,24+/m1/s1. The average Bonchev–Trinajstić information content (AvgIpc) is 3.51. The minimum Gasteiger partial charge on any atom is -0.358 e. The summed E-state index contributed by atoms with van der Waals surface area (Å²) >= 11 is 1.37. The van der Waals surface area contributed by atoms with Gasteiger partial charge in [-0.3, -0.25) is 14.4 Å². The molecule has 4 heterocycles. The van der Waals surface area contributed by atoms with Crippen LogP contribution in [0, 0.1) is 25.7 Å². The molecule has 5 nitrogen and oxygen atoms in total. The Kier molecular flexibility index (Phi) is 4.42. The molecule has 1 aromatic heterocycles. The number of rotatable bonds is 3. The second-order valence-electron chi connectivity index (χ2n) is 8.98. The Labute approximate surface area is 195 Å². The quantitative estimate of drug-likeness (QED) is 0.423. The summed E-state index contributed by atoms with van der Waals surface area (Å²) in [5.74, 6) is -1.95. The van der Waals surface area contributed by atoms with Crippen LogP contribution in [0.25, 0.3) is 6.08 Å². The predicted octanol–water partition coefficient (Wildman–Crippen LogP) is 4.76. The van der Waals surface area contributed by atoms with Gasteiger partial charge in [0.25, 0.3) is 0 Å². The Bertz CT molecular complexity index is 1340. The van der Waals surface area contributed by atoms with Crippen molar-refractivity contribution in [1.82, 2.24) is 4.90 Å². The zero-order valence-electron chi connectivity index (χ0n) is 18.3. The van der Waals surface area contributed by atoms with Crippen molar-refractivity contribution < 1.29 is 14.4 Å². The van der Waals surface area contributed by atoms with Gasteiger partial charge in [0.1, 0.15) is 6.04 Å². The van der Waals surface area contributed by atoms with E-state index in [1.807, 2.05) is 84.9 Å². The van der Waals surface area contributed by atoms with E-state index in [4.69, 9.17) is 0 Å². The maximum absolute atomic E-state index is 13.9. The highest BCUT2D eigenvalue weighted by Crippen LogP contribution is 2.54. The summed E-state index contributed by atoms with van der Waals surface area (Å²) < 4.78 is 0. The van der Waals surface area contributed by atoms with Crippen molar-refractivity contribution in [2.45, 2.75) is 25.9 Å². The molecule has 2 aromatic carbocycles. The van der Waals surface area contributed by atoms with Crippen molar-refractivity contribution in [1.29, 1.82) is 0 Å². The van der Waals surface area contributed by atoms with Gasteiger partial charge in [0.15, 0.2) is 5.78 Å². The number of hydrogen-bond donors (Lipinski definition) is 0. The van der Waals surface area contributed by atoms with Gasteiger partial charge in [-0.1, -0.05) is 48.0 Å². The largest absolute Gasteiger partial charge is 0.358 e. The van der Waals surface area contributed by atoms with E-state index in [1.54, 1.807) is 6.07 Å². The van der Waals surface area contributed by atoms with Crippen LogP contribution in [0.15, 0.2) is 66.2 Å². The molecule has 4 atom stereocenters. The molecule has 2 amide bonds. The number of anilines is 1. The summed E-state index contributed by atoms with van der Waals surface area (Å²) in [5.41, 5.74) is 4.56. The molecule has 2 fully saturated rings. The number of carbonyl (C=O) groups is 3. The van der Waals surface area contributed by atoms with Gasteiger partial charge in [-0.25, -0.2) is 4.90 Å². The topological polar surface area (TPSA) is 57.7 Å². The molecular formula is C27H22N2O3S. The molecule has 3 aliphatic rings. The first-order valence-electron chi connectivity index (χ1n) is 11.0. The fourth-order valence-corrected chi connectivity index (χ4v) is 6.41. The highest BCUT2D eigenvalue weighted by molar-refractivity contribution is 7.12. The monoisotopic (exact) mass is 454 g/mol. The minimum atomic E-state index is -0.728. The highest BCUT2D eigenvalue weighted by Gasteiger charge is 2.64. The van der Waals surface area contributed by atoms with Gasteiger partial charge in [0.2, 0.25) is 11.8 Å². The lowest BCUT2D eigenvalue weighted by Crippen LogP contribution is -2.44. The van der Waals surface area contributed by atoms with E-state index < -0.39 is 17.9 Å². The Morgan fingerprint density at radius 2 is 1.73 bits per heavy atom. The first kappa shape index (κ1) is 20.1. The number of imide groups is 1. The molecule has 6 heteroatoms. The second kappa shape index (κ2) is 7.25. The number of aryl methyl sites for hydroxylation is 2. The molecule has 0 aliphatic carbocycles. The SMILES string of the molecule is Cc1ccc(N2C(=O)[C@@H]3[C@@H](C2=O)[C@@H]2c4ccccc4C=CN2[C@@H]3C(=O)c2cccs2)c(C)c1. The van der Waals surface area contributed by atoms with Crippen LogP contribution in [0.1, 0.15) is 38.0 Å². The summed E-state index contributed by atoms with van der Waals surface area (Å²) in [6, 6.07) is 16.2. The van der Waals surface area contributed by atoms with E-state index in [0.717, 1.165) is 22.3 Å². The Morgan fingerprint density at radius 3 is 2.48 bits per heavy atom.